The van der Waals surface area contributed by atoms with E-state index < -0.39 is 5.97 Å². The van der Waals surface area contributed by atoms with E-state index in [4.69, 9.17) is 4.74 Å². The highest BCUT2D eigenvalue weighted by Gasteiger charge is 2.24. The molecule has 0 amide bonds. The molecule has 0 bridgehead atoms. The molecule has 110 valence electrons. The first-order valence-corrected chi connectivity index (χ1v) is 7.06. The van der Waals surface area contributed by atoms with Crippen molar-refractivity contribution in [1.82, 2.24) is 14.6 Å². The van der Waals surface area contributed by atoms with Crippen LogP contribution in [-0.4, -0.2) is 25.7 Å². The molecule has 1 fully saturated rings. The number of hydrogen-bond donors (Lipinski definition) is 1. The smallest absolute Gasteiger partial charge is 0.358 e. The molecule has 2 heterocycles. The van der Waals surface area contributed by atoms with Crippen LogP contribution in [0.4, 0.5) is 0 Å². The van der Waals surface area contributed by atoms with Crippen molar-refractivity contribution < 1.29 is 14.6 Å². The van der Waals surface area contributed by atoms with E-state index in [9.17, 15) is 9.90 Å². The zero-order valence-corrected chi connectivity index (χ0v) is 11.6. The third-order valence-electron chi connectivity index (χ3n) is 3.72. The number of hydrogen-bond acceptors (Lipinski definition) is 4. The summed E-state index contributed by atoms with van der Waals surface area (Å²) in [6, 6.07) is 9.40. The number of benzene rings is 1. The van der Waals surface area contributed by atoms with E-state index in [0.717, 1.165) is 0 Å². The molecule has 3 aromatic rings. The summed E-state index contributed by atoms with van der Waals surface area (Å²) in [5, 5.41) is 13.4. The first-order chi connectivity index (χ1) is 10.7. The van der Waals surface area contributed by atoms with Crippen molar-refractivity contribution in [2.75, 3.05) is 0 Å². The van der Waals surface area contributed by atoms with E-state index in [1.165, 1.54) is 35.3 Å². The fraction of sp³-hybridized carbons (Fsp3) is 0.188. The van der Waals surface area contributed by atoms with Gasteiger partial charge in [-0.2, -0.15) is 5.10 Å². The van der Waals surface area contributed by atoms with E-state index in [1.54, 1.807) is 6.07 Å². The minimum absolute atomic E-state index is 0.0353. The van der Waals surface area contributed by atoms with Crippen molar-refractivity contribution in [1.29, 1.82) is 0 Å². The Hall–Kier alpha value is -2.89. The SMILES string of the molecule is O=C(O)c1c(Oc2cccc(C3CC3)c2)cnc2ccnn12. The molecule has 1 aliphatic carbocycles. The van der Waals surface area contributed by atoms with Crippen LogP contribution in [0.3, 0.4) is 0 Å². The first kappa shape index (κ1) is 12.8. The third-order valence-corrected chi connectivity index (χ3v) is 3.72. The molecular formula is C16H13N3O3. The van der Waals surface area contributed by atoms with Gasteiger partial charge in [0, 0.05) is 6.07 Å². The molecule has 2 aromatic heterocycles. The van der Waals surface area contributed by atoms with Gasteiger partial charge >= 0.3 is 5.97 Å². The second kappa shape index (κ2) is 4.84. The van der Waals surface area contributed by atoms with Crippen molar-refractivity contribution in [3.63, 3.8) is 0 Å². The van der Waals surface area contributed by atoms with Crippen molar-refractivity contribution in [2.45, 2.75) is 18.8 Å². The van der Waals surface area contributed by atoms with Gasteiger partial charge in [0.15, 0.2) is 17.1 Å². The summed E-state index contributed by atoms with van der Waals surface area (Å²) < 4.78 is 7.03. The number of rotatable bonds is 4. The molecule has 0 unspecified atom stereocenters. The van der Waals surface area contributed by atoms with E-state index in [2.05, 4.69) is 16.1 Å². The van der Waals surface area contributed by atoms with Crippen LogP contribution in [0, 0.1) is 0 Å². The van der Waals surface area contributed by atoms with Gasteiger partial charge in [-0.05, 0) is 36.5 Å². The predicted octanol–water partition coefficient (Wildman–Crippen LogP) is 3.10. The van der Waals surface area contributed by atoms with Crippen LogP contribution < -0.4 is 4.74 Å². The molecule has 6 nitrogen and oxygen atoms in total. The first-order valence-electron chi connectivity index (χ1n) is 7.06. The highest BCUT2D eigenvalue weighted by Crippen LogP contribution is 2.41. The van der Waals surface area contributed by atoms with E-state index in [0.29, 0.717) is 17.3 Å². The minimum atomic E-state index is -1.11. The second-order valence-corrected chi connectivity index (χ2v) is 5.33. The van der Waals surface area contributed by atoms with E-state index >= 15 is 0 Å². The maximum absolute atomic E-state index is 11.5. The molecule has 0 saturated heterocycles. The number of ether oxygens (including phenoxy) is 1. The fourth-order valence-electron chi connectivity index (χ4n) is 2.50. The Morgan fingerprint density at radius 3 is 2.95 bits per heavy atom. The maximum Gasteiger partial charge on any atom is 0.358 e. The molecular weight excluding hydrogens is 282 g/mol. The Morgan fingerprint density at radius 2 is 2.18 bits per heavy atom. The summed E-state index contributed by atoms with van der Waals surface area (Å²) in [4.78, 5) is 15.7. The largest absolute Gasteiger partial charge is 0.476 e. The zero-order chi connectivity index (χ0) is 15.1. The highest BCUT2D eigenvalue weighted by molar-refractivity contribution is 5.89. The Kier molecular flexibility index (Phi) is 2.82. The van der Waals surface area contributed by atoms with Gasteiger partial charge in [-0.3, -0.25) is 0 Å². The van der Waals surface area contributed by atoms with Crippen LogP contribution in [-0.2, 0) is 0 Å². The molecule has 1 aliphatic rings. The van der Waals surface area contributed by atoms with Gasteiger partial charge in [0.25, 0.3) is 0 Å². The lowest BCUT2D eigenvalue weighted by molar-refractivity contribution is 0.0684. The van der Waals surface area contributed by atoms with Gasteiger partial charge < -0.3 is 9.84 Å². The highest BCUT2D eigenvalue weighted by atomic mass is 16.5. The van der Waals surface area contributed by atoms with Crippen LogP contribution in [0.25, 0.3) is 5.65 Å². The van der Waals surface area contributed by atoms with Crippen molar-refractivity contribution in [3.8, 4) is 11.5 Å². The summed E-state index contributed by atoms with van der Waals surface area (Å²) in [6.07, 6.45) is 5.33. The summed E-state index contributed by atoms with van der Waals surface area (Å²) in [6.45, 7) is 0. The molecule has 0 aliphatic heterocycles. The summed E-state index contributed by atoms with van der Waals surface area (Å²) in [5.41, 5.74) is 1.66. The van der Waals surface area contributed by atoms with E-state index in [1.807, 2.05) is 18.2 Å². The van der Waals surface area contributed by atoms with Crippen LogP contribution >= 0.6 is 0 Å². The third kappa shape index (κ3) is 2.18. The number of aromatic carboxylic acids is 1. The van der Waals surface area contributed by atoms with Crippen LogP contribution in [0.1, 0.15) is 34.8 Å². The molecule has 1 saturated carbocycles. The summed E-state index contributed by atoms with van der Waals surface area (Å²) >= 11 is 0. The Morgan fingerprint density at radius 1 is 1.32 bits per heavy atom. The lowest BCUT2D eigenvalue weighted by Crippen LogP contribution is -2.09. The number of carboxylic acids is 1. The van der Waals surface area contributed by atoms with Gasteiger partial charge in [0.05, 0.1) is 12.4 Å². The van der Waals surface area contributed by atoms with Crippen LogP contribution in [0.2, 0.25) is 0 Å². The Balaban J connectivity index is 1.76. The maximum atomic E-state index is 11.5. The Labute approximate surface area is 126 Å². The molecule has 1 aromatic carbocycles. The predicted molar refractivity (Wildman–Crippen MR) is 78.4 cm³/mol. The number of nitrogens with zero attached hydrogens (tertiary/aromatic N) is 3. The lowest BCUT2D eigenvalue weighted by Gasteiger charge is -2.10. The molecule has 0 spiro atoms. The van der Waals surface area contributed by atoms with Crippen LogP contribution in [0.5, 0.6) is 11.5 Å². The van der Waals surface area contributed by atoms with Gasteiger partial charge in [0.2, 0.25) is 0 Å². The number of fused-ring (bicyclic) bond motifs is 1. The summed E-state index contributed by atoms with van der Waals surface area (Å²) in [5.74, 6) is 0.288. The number of carboxylic acid groups (broad SMARTS) is 1. The molecule has 0 atom stereocenters. The zero-order valence-electron chi connectivity index (χ0n) is 11.6. The van der Waals surface area contributed by atoms with Gasteiger partial charge in [-0.25, -0.2) is 14.3 Å². The van der Waals surface area contributed by atoms with Crippen molar-refractivity contribution >= 4 is 11.6 Å². The van der Waals surface area contributed by atoms with E-state index in [-0.39, 0.29) is 11.4 Å². The molecule has 1 N–H and O–H groups in total. The van der Waals surface area contributed by atoms with Crippen molar-refractivity contribution in [2.24, 2.45) is 0 Å². The van der Waals surface area contributed by atoms with Gasteiger partial charge in [-0.15, -0.1) is 0 Å². The topological polar surface area (TPSA) is 76.7 Å². The van der Waals surface area contributed by atoms with Crippen LogP contribution in [0.15, 0.2) is 42.7 Å². The van der Waals surface area contributed by atoms with Gasteiger partial charge in [-0.1, -0.05) is 12.1 Å². The molecule has 0 radical (unpaired) electrons. The standard InChI is InChI=1S/C16H13N3O3/c20-16(21)15-13(9-17-14-6-7-18-19(14)15)22-12-3-1-2-11(8-12)10-4-5-10/h1-3,6-10H,4-5H2,(H,20,21). The minimum Gasteiger partial charge on any atom is -0.476 e. The average Bonchev–Trinajstić information content (AvgIpc) is 3.25. The number of carbonyl (C=O) groups is 1. The Bertz CT molecular complexity index is 868. The summed E-state index contributed by atoms with van der Waals surface area (Å²) in [7, 11) is 0. The average molecular weight is 295 g/mol. The quantitative estimate of drug-likeness (QED) is 0.800. The molecule has 6 heteroatoms. The fourth-order valence-corrected chi connectivity index (χ4v) is 2.50. The normalized spacial score (nSPS) is 14.2. The number of aromatic nitrogens is 3. The van der Waals surface area contributed by atoms with Gasteiger partial charge in [0.1, 0.15) is 5.75 Å². The molecule has 22 heavy (non-hydrogen) atoms. The molecule has 4 rings (SSSR count). The monoisotopic (exact) mass is 295 g/mol. The van der Waals surface area contributed by atoms with Crippen molar-refractivity contribution in [3.05, 3.63) is 54.0 Å². The second-order valence-electron chi connectivity index (χ2n) is 5.33. The lowest BCUT2D eigenvalue weighted by atomic mass is 10.1.